The van der Waals surface area contributed by atoms with Crippen LogP contribution in [0.25, 0.3) is 0 Å². The van der Waals surface area contributed by atoms with E-state index in [9.17, 15) is 14.4 Å². The van der Waals surface area contributed by atoms with Crippen molar-refractivity contribution in [1.82, 2.24) is 4.90 Å². The Morgan fingerprint density at radius 1 is 1.08 bits per heavy atom. The molecule has 1 unspecified atom stereocenters. The second kappa shape index (κ2) is 6.93. The molecule has 128 valence electrons. The maximum atomic E-state index is 12.6. The molecule has 0 saturated carbocycles. The average Bonchev–Trinajstić information content (AvgIpc) is 2.80. The van der Waals surface area contributed by atoms with E-state index < -0.39 is 23.8 Å². The Kier molecular flexibility index (Phi) is 5.04. The minimum atomic E-state index is -0.985. The molecule has 0 spiro atoms. The van der Waals surface area contributed by atoms with Gasteiger partial charge in [0.2, 0.25) is 5.91 Å². The summed E-state index contributed by atoms with van der Waals surface area (Å²) in [6, 6.07) is 8.93. The monoisotopic (exact) mass is 488 g/mol. The van der Waals surface area contributed by atoms with Gasteiger partial charge < -0.3 is 5.32 Å². The number of imide groups is 1. The summed E-state index contributed by atoms with van der Waals surface area (Å²) in [4.78, 5) is 38.5. The summed E-state index contributed by atoms with van der Waals surface area (Å²) in [7, 11) is 0. The quantitative estimate of drug-likeness (QED) is 0.519. The molecule has 0 aliphatic carbocycles. The van der Waals surface area contributed by atoms with Crippen LogP contribution in [-0.2, 0) is 4.79 Å². The first-order valence-corrected chi connectivity index (χ1v) is 9.07. The zero-order chi connectivity index (χ0) is 18.3. The van der Waals surface area contributed by atoms with E-state index in [-0.39, 0.29) is 21.2 Å². The van der Waals surface area contributed by atoms with Crippen molar-refractivity contribution in [2.45, 2.75) is 13.0 Å². The predicted octanol–water partition coefficient (Wildman–Crippen LogP) is 4.22. The van der Waals surface area contributed by atoms with Crippen LogP contribution in [-0.4, -0.2) is 28.7 Å². The van der Waals surface area contributed by atoms with Crippen LogP contribution < -0.4 is 5.32 Å². The Balaban J connectivity index is 1.87. The molecular weight excluding hydrogens is 478 g/mol. The lowest BCUT2D eigenvalue weighted by Gasteiger charge is -2.22. The van der Waals surface area contributed by atoms with Crippen molar-refractivity contribution < 1.29 is 14.4 Å². The highest BCUT2D eigenvalue weighted by molar-refractivity contribution is 14.1. The van der Waals surface area contributed by atoms with Gasteiger partial charge in [0.25, 0.3) is 11.8 Å². The van der Waals surface area contributed by atoms with E-state index in [1.165, 1.54) is 19.1 Å². The molecule has 0 aromatic heterocycles. The van der Waals surface area contributed by atoms with Gasteiger partial charge in [-0.05, 0) is 53.8 Å². The minimum Gasteiger partial charge on any atom is -0.323 e. The van der Waals surface area contributed by atoms with Crippen molar-refractivity contribution in [3.05, 3.63) is 61.1 Å². The molecule has 2 aromatic carbocycles. The van der Waals surface area contributed by atoms with Crippen molar-refractivity contribution in [1.29, 1.82) is 0 Å². The fourth-order valence-electron chi connectivity index (χ4n) is 2.52. The topological polar surface area (TPSA) is 66.5 Å². The number of hydrogen-bond acceptors (Lipinski definition) is 3. The molecule has 0 saturated heterocycles. The van der Waals surface area contributed by atoms with E-state index in [4.69, 9.17) is 23.2 Å². The van der Waals surface area contributed by atoms with Gasteiger partial charge in [0, 0.05) is 3.57 Å². The fourth-order valence-corrected chi connectivity index (χ4v) is 3.37. The summed E-state index contributed by atoms with van der Waals surface area (Å²) in [6.07, 6.45) is 0. The Bertz CT molecular complexity index is 876. The highest BCUT2D eigenvalue weighted by Crippen LogP contribution is 2.32. The smallest absolute Gasteiger partial charge is 0.262 e. The van der Waals surface area contributed by atoms with Gasteiger partial charge >= 0.3 is 0 Å². The van der Waals surface area contributed by atoms with Crippen LogP contribution in [0.1, 0.15) is 27.6 Å². The van der Waals surface area contributed by atoms with Gasteiger partial charge in [-0.2, -0.15) is 0 Å². The van der Waals surface area contributed by atoms with E-state index >= 15 is 0 Å². The molecule has 1 aliphatic rings. The summed E-state index contributed by atoms with van der Waals surface area (Å²) in [6.45, 7) is 1.50. The van der Waals surface area contributed by atoms with E-state index in [1.807, 2.05) is 12.1 Å². The number of halogens is 3. The lowest BCUT2D eigenvalue weighted by Crippen LogP contribution is -2.45. The number of anilines is 1. The molecule has 0 bridgehead atoms. The summed E-state index contributed by atoms with van der Waals surface area (Å²) in [5, 5.41) is 3.09. The van der Waals surface area contributed by atoms with Gasteiger partial charge in [0.1, 0.15) is 6.04 Å². The molecule has 1 atom stereocenters. The Morgan fingerprint density at radius 3 is 2.12 bits per heavy atom. The standard InChI is InChI=1S/C17H11Cl2IN2O3/c1-8(15(23)21-14-5-3-2-4-13(14)20)22-16(24)9-6-11(18)12(19)7-10(9)17(22)25/h2-8H,1H3,(H,21,23). The number of carbonyl (C=O) groups is 3. The first kappa shape index (κ1) is 18.2. The summed E-state index contributed by atoms with van der Waals surface area (Å²) in [5.41, 5.74) is 0.907. The number of para-hydroxylation sites is 1. The van der Waals surface area contributed by atoms with Crippen molar-refractivity contribution in [3.8, 4) is 0 Å². The van der Waals surface area contributed by atoms with Gasteiger partial charge in [-0.3, -0.25) is 19.3 Å². The number of fused-ring (bicyclic) bond motifs is 1. The Morgan fingerprint density at radius 2 is 1.60 bits per heavy atom. The zero-order valence-corrected chi connectivity index (χ0v) is 16.5. The molecule has 1 N–H and O–H groups in total. The highest BCUT2D eigenvalue weighted by atomic mass is 127. The Hall–Kier alpha value is -1.64. The third kappa shape index (κ3) is 3.26. The van der Waals surface area contributed by atoms with Crippen LogP contribution >= 0.6 is 45.8 Å². The van der Waals surface area contributed by atoms with E-state index in [1.54, 1.807) is 12.1 Å². The molecule has 2 aromatic rings. The number of carbonyl (C=O) groups excluding carboxylic acids is 3. The number of hydrogen-bond donors (Lipinski definition) is 1. The van der Waals surface area contributed by atoms with E-state index in [2.05, 4.69) is 27.9 Å². The SMILES string of the molecule is CC(C(=O)Nc1ccccc1I)N1C(=O)c2cc(Cl)c(Cl)cc2C1=O. The third-order valence-corrected chi connectivity index (χ3v) is 5.52. The summed E-state index contributed by atoms with van der Waals surface area (Å²) in [5.74, 6) is -1.59. The largest absolute Gasteiger partial charge is 0.323 e. The second-order valence-electron chi connectivity index (χ2n) is 5.44. The van der Waals surface area contributed by atoms with Gasteiger partial charge in [0.15, 0.2) is 0 Å². The predicted molar refractivity (Wildman–Crippen MR) is 104 cm³/mol. The highest BCUT2D eigenvalue weighted by Gasteiger charge is 2.41. The molecular formula is C17H11Cl2IN2O3. The van der Waals surface area contributed by atoms with Crippen molar-refractivity contribution in [2.24, 2.45) is 0 Å². The second-order valence-corrected chi connectivity index (χ2v) is 7.41. The van der Waals surface area contributed by atoms with Gasteiger partial charge in [-0.25, -0.2) is 0 Å². The van der Waals surface area contributed by atoms with Gasteiger partial charge in [0.05, 0.1) is 26.9 Å². The van der Waals surface area contributed by atoms with Crippen LogP contribution in [0.5, 0.6) is 0 Å². The summed E-state index contributed by atoms with van der Waals surface area (Å²) >= 11 is 13.9. The molecule has 3 rings (SSSR count). The third-order valence-electron chi connectivity index (χ3n) is 3.86. The van der Waals surface area contributed by atoms with E-state index in [0.717, 1.165) is 8.47 Å². The lowest BCUT2D eigenvalue weighted by atomic mass is 10.1. The average molecular weight is 489 g/mol. The summed E-state index contributed by atoms with van der Waals surface area (Å²) < 4.78 is 0.849. The maximum Gasteiger partial charge on any atom is 0.262 e. The first-order valence-electron chi connectivity index (χ1n) is 7.23. The van der Waals surface area contributed by atoms with Crippen LogP contribution in [0, 0.1) is 3.57 Å². The van der Waals surface area contributed by atoms with Crippen molar-refractivity contribution in [2.75, 3.05) is 5.32 Å². The molecule has 25 heavy (non-hydrogen) atoms. The molecule has 1 heterocycles. The molecule has 0 radical (unpaired) electrons. The fraction of sp³-hybridized carbons (Fsp3) is 0.118. The molecule has 8 heteroatoms. The van der Waals surface area contributed by atoms with Crippen LogP contribution in [0.3, 0.4) is 0 Å². The first-order chi connectivity index (χ1) is 11.8. The van der Waals surface area contributed by atoms with Crippen LogP contribution in [0.2, 0.25) is 10.0 Å². The number of rotatable bonds is 3. The lowest BCUT2D eigenvalue weighted by molar-refractivity contribution is -0.119. The van der Waals surface area contributed by atoms with Crippen molar-refractivity contribution in [3.63, 3.8) is 0 Å². The van der Waals surface area contributed by atoms with Gasteiger partial charge in [-0.15, -0.1) is 0 Å². The zero-order valence-electron chi connectivity index (χ0n) is 12.8. The molecule has 3 amide bonds. The molecule has 5 nitrogen and oxygen atoms in total. The number of amides is 3. The van der Waals surface area contributed by atoms with Crippen LogP contribution in [0.4, 0.5) is 5.69 Å². The number of nitrogens with one attached hydrogen (secondary N) is 1. The van der Waals surface area contributed by atoms with E-state index in [0.29, 0.717) is 5.69 Å². The number of benzene rings is 2. The molecule has 0 fully saturated rings. The molecule has 1 aliphatic heterocycles. The normalized spacial score (nSPS) is 14.5. The van der Waals surface area contributed by atoms with Gasteiger partial charge in [-0.1, -0.05) is 35.3 Å². The minimum absolute atomic E-state index is 0.147. The Labute approximate surface area is 167 Å². The van der Waals surface area contributed by atoms with Crippen molar-refractivity contribution >= 4 is 69.2 Å². The number of nitrogens with zero attached hydrogens (tertiary/aromatic N) is 1. The maximum absolute atomic E-state index is 12.6. The van der Waals surface area contributed by atoms with Crippen LogP contribution in [0.15, 0.2) is 36.4 Å².